The second kappa shape index (κ2) is 20.0. The Labute approximate surface area is 182 Å². The van der Waals surface area contributed by atoms with Gasteiger partial charge in [0.2, 0.25) is 0 Å². The van der Waals surface area contributed by atoms with Gasteiger partial charge in [-0.2, -0.15) is 0 Å². The first-order chi connectivity index (χ1) is 11.5. The molecule has 2 aromatic carbocycles. The molecule has 138 valence electrons. The first kappa shape index (κ1) is 29.4. The maximum Gasteiger partial charge on any atom is 1.00 e. The molecule has 0 atom stereocenters. The molecule has 0 amide bonds. The quantitative estimate of drug-likeness (QED) is 0.617. The van der Waals surface area contributed by atoms with Gasteiger partial charge in [0.05, 0.1) is 0 Å². The molecule has 0 aliphatic heterocycles. The van der Waals surface area contributed by atoms with E-state index in [1.807, 2.05) is 62.4 Å². The molecule has 0 heterocycles. The first-order valence-electron chi connectivity index (χ1n) is 8.37. The van der Waals surface area contributed by atoms with Crippen LogP contribution in [-0.2, 0) is 11.2 Å². The minimum Gasteiger partial charge on any atom is -0.550 e. The van der Waals surface area contributed by atoms with E-state index in [1.165, 1.54) is 5.56 Å². The zero-order valence-corrected chi connectivity index (χ0v) is 18.2. The molecule has 0 bridgehead atoms. The Kier molecular flexibility index (Phi) is 22.6. The van der Waals surface area contributed by atoms with Crippen LogP contribution in [0.1, 0.15) is 58.6 Å². The summed E-state index contributed by atoms with van der Waals surface area (Å²) in [6.45, 7) is 8.41. The Balaban J connectivity index is -0.000000322. The van der Waals surface area contributed by atoms with Gasteiger partial charge in [-0.1, -0.05) is 94.1 Å². The van der Waals surface area contributed by atoms with Crippen molar-refractivity contribution in [3.05, 3.63) is 83.9 Å². The van der Waals surface area contributed by atoms with Gasteiger partial charge in [-0.05, 0) is 43.7 Å². The zero-order chi connectivity index (χ0) is 18.2. The Bertz CT molecular complexity index is 559. The Morgan fingerprint density at radius 3 is 1.65 bits per heavy atom. The van der Waals surface area contributed by atoms with Gasteiger partial charge >= 0.3 is 29.6 Å². The Morgan fingerprint density at radius 2 is 1.35 bits per heavy atom. The summed E-state index contributed by atoms with van der Waals surface area (Å²) in [5, 5.41) is 10.1. The molecular weight excluding hydrogens is 331 g/mol. The van der Waals surface area contributed by atoms with Gasteiger partial charge < -0.3 is 9.90 Å². The predicted molar refractivity (Wildman–Crippen MR) is 108 cm³/mol. The van der Waals surface area contributed by atoms with Crippen molar-refractivity contribution < 1.29 is 39.5 Å². The third-order valence-electron chi connectivity index (χ3n) is 3.26. The van der Waals surface area contributed by atoms with Crippen LogP contribution in [0.3, 0.4) is 0 Å². The number of hydrogen-bond acceptors (Lipinski definition) is 2. The van der Waals surface area contributed by atoms with E-state index in [0.29, 0.717) is 12.3 Å². The van der Waals surface area contributed by atoms with Crippen LogP contribution in [0.2, 0.25) is 0 Å². The van der Waals surface area contributed by atoms with Crippen LogP contribution in [0.4, 0.5) is 0 Å². The summed E-state index contributed by atoms with van der Waals surface area (Å²) >= 11 is 0. The van der Waals surface area contributed by atoms with Crippen molar-refractivity contribution in [3.63, 3.8) is 0 Å². The van der Waals surface area contributed by atoms with Crippen LogP contribution < -0.4 is 34.7 Å². The van der Waals surface area contributed by atoms with E-state index in [-0.39, 0.29) is 43.4 Å². The number of carboxylic acid groups (broad SMARTS) is 1. The van der Waals surface area contributed by atoms with Gasteiger partial charge in [-0.3, -0.25) is 0 Å². The Hall–Kier alpha value is -1.35. The average molecular weight is 365 g/mol. The standard InChI is InChI=1S/C9H10O2.C9H12.C4H8.CH4.Na/c10-9(11)7-6-8-4-2-1-3-5-8;1-8(2)9-6-4-3-5-7-9;1-3-4-2;;/h1-5H,6-7H2,(H,10,11);3-8H,1-2H3;3-4H,1-2H3;1H4;/q;;;;+1/p-1. The average Bonchev–Trinajstić information content (AvgIpc) is 2.62. The van der Waals surface area contributed by atoms with Gasteiger partial charge in [0.15, 0.2) is 0 Å². The van der Waals surface area contributed by atoms with Crippen LogP contribution >= 0.6 is 0 Å². The van der Waals surface area contributed by atoms with Crippen LogP contribution in [0, 0.1) is 0 Å². The van der Waals surface area contributed by atoms with E-state index in [1.54, 1.807) is 0 Å². The molecule has 0 aromatic heterocycles. The largest absolute Gasteiger partial charge is 1.00 e. The molecule has 0 aliphatic rings. The fourth-order valence-electron chi connectivity index (χ4n) is 1.73. The molecule has 2 nitrogen and oxygen atoms in total. The normalized spacial score (nSPS) is 8.96. The maximum atomic E-state index is 10.1. The molecule has 0 N–H and O–H groups in total. The molecule has 26 heavy (non-hydrogen) atoms. The molecule has 2 aromatic rings. The fourth-order valence-corrected chi connectivity index (χ4v) is 1.73. The summed E-state index contributed by atoms with van der Waals surface area (Å²) in [4.78, 5) is 10.1. The van der Waals surface area contributed by atoms with Crippen molar-refractivity contribution in [1.82, 2.24) is 0 Å². The summed E-state index contributed by atoms with van der Waals surface area (Å²) in [6.07, 6.45) is 4.66. The summed E-state index contributed by atoms with van der Waals surface area (Å²) in [5.74, 6) is -0.333. The van der Waals surface area contributed by atoms with Crippen LogP contribution in [0.25, 0.3) is 0 Å². The SMILES string of the molecule is C.CC(C)c1ccccc1.CC=CC.O=C([O-])CCc1ccccc1.[Na+]. The van der Waals surface area contributed by atoms with Crippen LogP contribution in [0.15, 0.2) is 72.8 Å². The van der Waals surface area contributed by atoms with Crippen molar-refractivity contribution in [2.75, 3.05) is 0 Å². The molecule has 0 unspecified atom stereocenters. The van der Waals surface area contributed by atoms with Gasteiger partial charge in [-0.25, -0.2) is 0 Å². The number of carboxylic acids is 1. The second-order valence-electron chi connectivity index (χ2n) is 5.59. The number of aliphatic carboxylic acids is 1. The number of carbonyl (C=O) groups excluding carboxylic acids is 1. The van der Waals surface area contributed by atoms with Crippen molar-refractivity contribution in [2.24, 2.45) is 0 Å². The molecule has 0 radical (unpaired) electrons. The maximum absolute atomic E-state index is 10.1. The summed E-state index contributed by atoms with van der Waals surface area (Å²) in [7, 11) is 0. The van der Waals surface area contributed by atoms with Crippen LogP contribution in [-0.4, -0.2) is 5.97 Å². The molecule has 3 heteroatoms. The molecular formula is C23H33NaO2. The van der Waals surface area contributed by atoms with E-state index in [9.17, 15) is 9.90 Å². The first-order valence-corrected chi connectivity index (χ1v) is 8.37. The topological polar surface area (TPSA) is 40.1 Å². The number of rotatable bonds is 4. The van der Waals surface area contributed by atoms with Crippen LogP contribution in [0.5, 0.6) is 0 Å². The molecule has 0 saturated carbocycles. The number of hydrogen-bond donors (Lipinski definition) is 0. The third-order valence-corrected chi connectivity index (χ3v) is 3.26. The van der Waals surface area contributed by atoms with Gasteiger partial charge in [0.25, 0.3) is 0 Å². The summed E-state index contributed by atoms with van der Waals surface area (Å²) in [6, 6.07) is 20.0. The second-order valence-corrected chi connectivity index (χ2v) is 5.59. The van der Waals surface area contributed by atoms with E-state index >= 15 is 0 Å². The van der Waals surface area contributed by atoms with Gasteiger partial charge in [0, 0.05) is 5.97 Å². The predicted octanol–water partition coefficient (Wildman–Crippen LogP) is 2.40. The van der Waals surface area contributed by atoms with Gasteiger partial charge in [0.1, 0.15) is 0 Å². The van der Waals surface area contributed by atoms with E-state index < -0.39 is 5.97 Å². The minimum atomic E-state index is -0.992. The third kappa shape index (κ3) is 17.5. The molecule has 0 spiro atoms. The van der Waals surface area contributed by atoms with E-state index in [0.717, 1.165) is 5.56 Å². The van der Waals surface area contributed by atoms with Crippen molar-refractivity contribution in [3.8, 4) is 0 Å². The summed E-state index contributed by atoms with van der Waals surface area (Å²) in [5.41, 5.74) is 2.45. The fraction of sp³-hybridized carbons (Fsp3) is 0.348. The number of carbonyl (C=O) groups is 1. The van der Waals surface area contributed by atoms with E-state index in [2.05, 4.69) is 38.1 Å². The van der Waals surface area contributed by atoms with Crippen molar-refractivity contribution >= 4 is 5.97 Å². The molecule has 0 fully saturated rings. The Morgan fingerprint density at radius 1 is 0.923 bits per heavy atom. The molecule has 0 saturated heterocycles. The smallest absolute Gasteiger partial charge is 0.550 e. The van der Waals surface area contributed by atoms with Crippen molar-refractivity contribution in [1.29, 1.82) is 0 Å². The van der Waals surface area contributed by atoms with E-state index in [4.69, 9.17) is 0 Å². The monoisotopic (exact) mass is 364 g/mol. The number of benzene rings is 2. The van der Waals surface area contributed by atoms with Crippen molar-refractivity contribution in [2.45, 2.75) is 53.9 Å². The minimum absolute atomic E-state index is 0. The van der Waals surface area contributed by atoms with Gasteiger partial charge in [-0.15, -0.1) is 0 Å². The summed E-state index contributed by atoms with van der Waals surface area (Å²) < 4.78 is 0. The zero-order valence-electron chi connectivity index (χ0n) is 16.2. The number of allylic oxidation sites excluding steroid dienone is 2. The molecule has 2 rings (SSSR count). The molecule has 0 aliphatic carbocycles. The number of aryl methyl sites for hydroxylation is 1.